The highest BCUT2D eigenvalue weighted by Crippen LogP contribution is 2.29. The number of halogens is 2. The Morgan fingerprint density at radius 2 is 1.94 bits per heavy atom. The van der Waals surface area contributed by atoms with Crippen LogP contribution in [-0.4, -0.2) is 21.1 Å². The summed E-state index contributed by atoms with van der Waals surface area (Å²) in [7, 11) is 0. The van der Waals surface area contributed by atoms with Gasteiger partial charge in [-0.05, 0) is 12.1 Å². The smallest absolute Gasteiger partial charge is 0.317 e. The average Bonchev–Trinajstić information content (AvgIpc) is 2.70. The Kier molecular flexibility index (Phi) is 3.16. The van der Waals surface area contributed by atoms with Crippen LogP contribution in [0.5, 0.6) is 0 Å². The second-order valence-corrected chi connectivity index (χ2v) is 3.89. The average molecular weight is 273 g/mol. The van der Waals surface area contributed by atoms with Crippen LogP contribution in [0.3, 0.4) is 0 Å². The van der Waals surface area contributed by atoms with Gasteiger partial charge in [-0.1, -0.05) is 29.3 Å². The van der Waals surface area contributed by atoms with Crippen molar-refractivity contribution < 1.29 is 4.79 Å². The number of H-pyrrole nitrogens is 2. The second-order valence-electron chi connectivity index (χ2n) is 3.08. The highest BCUT2D eigenvalue weighted by molar-refractivity contribution is 6.39. The van der Waals surface area contributed by atoms with E-state index in [0.29, 0.717) is 10.0 Å². The molecule has 0 saturated carbocycles. The predicted molar refractivity (Wildman–Crippen MR) is 63.6 cm³/mol. The molecule has 0 aliphatic rings. The van der Waals surface area contributed by atoms with Crippen LogP contribution in [0.15, 0.2) is 23.0 Å². The summed E-state index contributed by atoms with van der Waals surface area (Å²) in [5, 5.41) is 8.60. The van der Waals surface area contributed by atoms with Crippen molar-refractivity contribution in [2.75, 3.05) is 5.32 Å². The molecule has 2 aromatic rings. The number of hydrogen-bond donors (Lipinski definition) is 3. The normalized spacial score (nSPS) is 10.2. The van der Waals surface area contributed by atoms with Gasteiger partial charge < -0.3 is 5.32 Å². The Morgan fingerprint density at radius 3 is 2.47 bits per heavy atom. The Balaban J connectivity index is 2.27. The van der Waals surface area contributed by atoms with Crippen LogP contribution in [0, 0.1) is 0 Å². The molecule has 0 fully saturated rings. The molecule has 0 atom stereocenters. The first-order valence-electron chi connectivity index (χ1n) is 4.48. The van der Waals surface area contributed by atoms with Crippen LogP contribution in [-0.2, 0) is 0 Å². The number of carbonyl (C=O) groups excluding carboxylic acids is 1. The summed E-state index contributed by atoms with van der Waals surface area (Å²) in [6, 6.07) is 4.81. The molecule has 0 spiro atoms. The zero-order chi connectivity index (χ0) is 12.4. The van der Waals surface area contributed by atoms with Gasteiger partial charge in [0.25, 0.3) is 5.91 Å². The number of anilines is 1. The van der Waals surface area contributed by atoms with Gasteiger partial charge in [0.1, 0.15) is 0 Å². The Labute approximate surface area is 105 Å². The minimum absolute atomic E-state index is 0.147. The van der Waals surface area contributed by atoms with E-state index in [-0.39, 0.29) is 11.5 Å². The number of amides is 1. The number of hydrogen-bond acceptors (Lipinski definition) is 3. The molecule has 6 nitrogen and oxygen atoms in total. The van der Waals surface area contributed by atoms with E-state index in [4.69, 9.17) is 23.2 Å². The van der Waals surface area contributed by atoms with Crippen LogP contribution in [0.25, 0.3) is 0 Å². The number of para-hydroxylation sites is 1. The van der Waals surface area contributed by atoms with Crippen molar-refractivity contribution in [3.63, 3.8) is 0 Å². The molecular formula is C9H6Cl2N4O2. The van der Waals surface area contributed by atoms with Gasteiger partial charge >= 0.3 is 5.69 Å². The summed E-state index contributed by atoms with van der Waals surface area (Å²) >= 11 is 11.7. The van der Waals surface area contributed by atoms with E-state index in [1.54, 1.807) is 18.2 Å². The van der Waals surface area contributed by atoms with E-state index in [1.165, 1.54) is 0 Å². The van der Waals surface area contributed by atoms with Gasteiger partial charge in [0, 0.05) is 0 Å². The number of nitrogens with one attached hydrogen (secondary N) is 3. The second kappa shape index (κ2) is 4.60. The van der Waals surface area contributed by atoms with Gasteiger partial charge in [0.15, 0.2) is 0 Å². The lowest BCUT2D eigenvalue weighted by Gasteiger charge is -2.06. The van der Waals surface area contributed by atoms with Crippen molar-refractivity contribution in [1.29, 1.82) is 0 Å². The summed E-state index contributed by atoms with van der Waals surface area (Å²) < 4.78 is 0. The highest BCUT2D eigenvalue weighted by atomic mass is 35.5. The topological polar surface area (TPSA) is 90.6 Å². The molecule has 1 aromatic carbocycles. The fourth-order valence-corrected chi connectivity index (χ4v) is 1.66. The molecule has 0 saturated heterocycles. The van der Waals surface area contributed by atoms with Gasteiger partial charge in [-0.25, -0.2) is 9.89 Å². The summed E-state index contributed by atoms with van der Waals surface area (Å²) in [6.07, 6.45) is 0. The summed E-state index contributed by atoms with van der Waals surface area (Å²) in [4.78, 5) is 24.6. The largest absolute Gasteiger partial charge is 0.341 e. The molecule has 1 amide bonds. The monoisotopic (exact) mass is 272 g/mol. The number of carbonyl (C=O) groups is 1. The molecule has 1 aromatic heterocycles. The van der Waals surface area contributed by atoms with Crippen molar-refractivity contribution in [2.24, 2.45) is 0 Å². The number of rotatable bonds is 2. The first kappa shape index (κ1) is 11.7. The van der Waals surface area contributed by atoms with Gasteiger partial charge in [-0.3, -0.25) is 9.78 Å². The third kappa shape index (κ3) is 2.48. The Bertz CT molecular complexity index is 599. The van der Waals surface area contributed by atoms with Crippen LogP contribution in [0.2, 0.25) is 10.0 Å². The lowest BCUT2D eigenvalue weighted by atomic mass is 10.3. The van der Waals surface area contributed by atoms with Crippen molar-refractivity contribution in [2.45, 2.75) is 0 Å². The zero-order valence-corrected chi connectivity index (χ0v) is 9.76. The maximum atomic E-state index is 11.7. The molecule has 0 aliphatic heterocycles. The van der Waals surface area contributed by atoms with E-state index >= 15 is 0 Å². The molecule has 0 bridgehead atoms. The third-order valence-corrected chi connectivity index (χ3v) is 2.55. The Hall–Kier alpha value is -1.79. The maximum absolute atomic E-state index is 11.7. The fourth-order valence-electron chi connectivity index (χ4n) is 1.17. The molecule has 17 heavy (non-hydrogen) atoms. The van der Waals surface area contributed by atoms with E-state index < -0.39 is 11.6 Å². The van der Waals surface area contributed by atoms with E-state index in [0.717, 1.165) is 0 Å². The van der Waals surface area contributed by atoms with E-state index in [2.05, 4.69) is 20.5 Å². The number of aromatic nitrogens is 3. The molecule has 0 radical (unpaired) electrons. The van der Waals surface area contributed by atoms with Crippen LogP contribution < -0.4 is 11.0 Å². The van der Waals surface area contributed by atoms with Crippen LogP contribution in [0.4, 0.5) is 5.69 Å². The van der Waals surface area contributed by atoms with Gasteiger partial charge in [0.05, 0.1) is 15.7 Å². The summed E-state index contributed by atoms with van der Waals surface area (Å²) in [5.41, 5.74) is -0.301. The molecular weight excluding hydrogens is 267 g/mol. The highest BCUT2D eigenvalue weighted by Gasteiger charge is 2.13. The van der Waals surface area contributed by atoms with Crippen molar-refractivity contribution in [3.05, 3.63) is 44.6 Å². The minimum Gasteiger partial charge on any atom is -0.317 e. The Morgan fingerprint density at radius 1 is 1.29 bits per heavy atom. The van der Waals surface area contributed by atoms with Gasteiger partial charge in [-0.15, -0.1) is 5.10 Å². The number of aromatic amines is 2. The van der Waals surface area contributed by atoms with Crippen LogP contribution in [0.1, 0.15) is 10.6 Å². The molecule has 8 heteroatoms. The van der Waals surface area contributed by atoms with Gasteiger partial charge in [-0.2, -0.15) is 0 Å². The molecule has 2 rings (SSSR count). The lowest BCUT2D eigenvalue weighted by molar-refractivity contribution is 0.101. The number of nitrogens with zero attached hydrogens (tertiary/aromatic N) is 1. The first-order chi connectivity index (χ1) is 8.08. The third-order valence-electron chi connectivity index (χ3n) is 1.92. The molecule has 0 unspecified atom stereocenters. The lowest BCUT2D eigenvalue weighted by Crippen LogP contribution is -2.15. The SMILES string of the molecule is O=C(Nc1c(Cl)cccc1Cl)c1n[nH]c(=O)[nH]1. The molecule has 88 valence electrons. The summed E-state index contributed by atoms with van der Waals surface area (Å²) in [6.45, 7) is 0. The van der Waals surface area contributed by atoms with Crippen molar-refractivity contribution >= 4 is 34.8 Å². The molecule has 3 N–H and O–H groups in total. The number of benzene rings is 1. The first-order valence-corrected chi connectivity index (χ1v) is 5.23. The van der Waals surface area contributed by atoms with Gasteiger partial charge in [0.2, 0.25) is 5.82 Å². The van der Waals surface area contributed by atoms with Crippen molar-refractivity contribution in [3.8, 4) is 0 Å². The van der Waals surface area contributed by atoms with E-state index in [1.807, 2.05) is 0 Å². The van der Waals surface area contributed by atoms with Crippen molar-refractivity contribution in [1.82, 2.24) is 15.2 Å². The molecule has 0 aliphatic carbocycles. The predicted octanol–water partition coefficient (Wildman–Crippen LogP) is 1.66. The summed E-state index contributed by atoms with van der Waals surface area (Å²) in [5.74, 6) is -0.760. The maximum Gasteiger partial charge on any atom is 0.341 e. The molecule has 1 heterocycles. The zero-order valence-electron chi connectivity index (χ0n) is 8.25. The fraction of sp³-hybridized carbons (Fsp3) is 0. The standard InChI is InChI=1S/C9H6Cl2N4O2/c10-4-2-1-3-5(11)6(4)12-8(16)7-13-9(17)15-14-7/h1-3H,(H,12,16)(H2,13,14,15,17). The minimum atomic E-state index is -0.613. The van der Waals surface area contributed by atoms with Crippen LogP contribution >= 0.6 is 23.2 Å². The quantitative estimate of drug-likeness (QED) is 0.777. The van der Waals surface area contributed by atoms with E-state index in [9.17, 15) is 9.59 Å².